The molecule has 0 atom stereocenters. The van der Waals surface area contributed by atoms with Crippen molar-refractivity contribution in [2.75, 3.05) is 33.5 Å². The van der Waals surface area contributed by atoms with Gasteiger partial charge in [0.2, 0.25) is 0 Å². The number of hydrogen-bond acceptors (Lipinski definition) is 3. The van der Waals surface area contributed by atoms with Crippen molar-refractivity contribution in [1.82, 2.24) is 0 Å². The van der Waals surface area contributed by atoms with E-state index in [1.807, 2.05) is 13.8 Å². The summed E-state index contributed by atoms with van der Waals surface area (Å²) < 4.78 is 15.5. The van der Waals surface area contributed by atoms with Gasteiger partial charge in [-0.1, -0.05) is 0 Å². The Balaban J connectivity index is 2.84. The van der Waals surface area contributed by atoms with Crippen LogP contribution in [0.25, 0.3) is 0 Å². The van der Waals surface area contributed by atoms with E-state index in [9.17, 15) is 0 Å². The van der Waals surface area contributed by atoms with Gasteiger partial charge in [0.05, 0.1) is 6.10 Å². The topological polar surface area (TPSA) is 27.7 Å². The Hall–Kier alpha value is -0.120. The second-order valence-corrected chi connectivity index (χ2v) is 3.07. The van der Waals surface area contributed by atoms with E-state index in [1.165, 1.54) is 0 Å². The molecule has 3 heteroatoms. The highest BCUT2D eigenvalue weighted by atomic mass is 16.5. The molecule has 79 valence electrons. The highest BCUT2D eigenvalue weighted by Gasteiger charge is 1.94. The monoisotopic (exact) mass is 189 g/mol. The predicted octanol–water partition coefficient (Wildman–Crippen LogP) is 2.02. The van der Waals surface area contributed by atoms with Crippen molar-refractivity contribution in [3.63, 3.8) is 0 Å². The molecule has 0 bridgehead atoms. The normalized spacial score (nSPS) is 11.1. The van der Waals surface area contributed by atoms with Gasteiger partial charge in [0, 0.05) is 33.5 Å². The Morgan fingerprint density at radius 2 is 1.54 bits per heavy atom. The van der Waals surface area contributed by atoms with Gasteiger partial charge in [0.1, 0.15) is 0 Å². The Morgan fingerprint density at radius 3 is 2.08 bits per heavy atom. The van der Waals surface area contributed by atoms with Crippen molar-refractivity contribution >= 4 is 0 Å². The van der Waals surface area contributed by atoms with Gasteiger partial charge in [-0.3, -0.25) is 0 Å². The van der Waals surface area contributed by atoms with E-state index in [2.05, 4.69) is 0 Å². The Morgan fingerprint density at radius 1 is 0.923 bits per heavy atom. The van der Waals surface area contributed by atoms with Gasteiger partial charge in [0.25, 0.3) is 0 Å². The fourth-order valence-corrected chi connectivity index (χ4v) is 0.845. The number of hydrogen-bond donors (Lipinski definition) is 0. The zero-order valence-corrected chi connectivity index (χ0v) is 8.97. The van der Waals surface area contributed by atoms with Crippen molar-refractivity contribution in [3.05, 3.63) is 6.10 Å². The quantitative estimate of drug-likeness (QED) is 0.519. The molecule has 0 aliphatic carbocycles. The summed E-state index contributed by atoms with van der Waals surface area (Å²) in [5.74, 6) is 0. The minimum absolute atomic E-state index is 0.757. The molecule has 0 saturated carbocycles. The molecule has 0 N–H and O–H groups in total. The van der Waals surface area contributed by atoms with Crippen molar-refractivity contribution < 1.29 is 14.2 Å². The molecule has 0 aliphatic rings. The predicted molar refractivity (Wildman–Crippen MR) is 52.5 cm³/mol. The fraction of sp³-hybridized carbons (Fsp3) is 0.900. The Labute approximate surface area is 81.4 Å². The van der Waals surface area contributed by atoms with Gasteiger partial charge in [-0.2, -0.15) is 0 Å². The summed E-state index contributed by atoms with van der Waals surface area (Å²) in [5, 5.41) is 0. The van der Waals surface area contributed by atoms with Gasteiger partial charge in [-0.25, -0.2) is 0 Å². The van der Waals surface area contributed by atoms with Crippen LogP contribution < -0.4 is 0 Å². The highest BCUT2D eigenvalue weighted by Crippen LogP contribution is 1.98. The van der Waals surface area contributed by atoms with Crippen LogP contribution in [-0.4, -0.2) is 33.5 Å². The van der Waals surface area contributed by atoms with Crippen molar-refractivity contribution in [2.24, 2.45) is 0 Å². The van der Waals surface area contributed by atoms with Crippen molar-refractivity contribution in [3.8, 4) is 0 Å². The molecule has 0 rings (SSSR count). The van der Waals surface area contributed by atoms with Gasteiger partial charge in [-0.05, 0) is 26.7 Å². The molecule has 0 aromatic carbocycles. The zero-order valence-electron chi connectivity index (χ0n) is 8.97. The number of methoxy groups -OCH3 is 1. The van der Waals surface area contributed by atoms with E-state index in [1.54, 1.807) is 7.11 Å². The van der Waals surface area contributed by atoms with E-state index in [0.717, 1.165) is 45.4 Å². The van der Waals surface area contributed by atoms with E-state index in [4.69, 9.17) is 14.2 Å². The number of rotatable bonds is 9. The van der Waals surface area contributed by atoms with Crippen molar-refractivity contribution in [2.45, 2.75) is 26.7 Å². The lowest BCUT2D eigenvalue weighted by molar-refractivity contribution is 0.0778. The maximum Gasteiger partial charge on any atom is 0.0909 e. The van der Waals surface area contributed by atoms with E-state index in [-0.39, 0.29) is 0 Å². The molecule has 0 amide bonds. The van der Waals surface area contributed by atoms with Crippen LogP contribution in [-0.2, 0) is 14.2 Å². The lowest BCUT2D eigenvalue weighted by Crippen LogP contribution is -2.04. The summed E-state index contributed by atoms with van der Waals surface area (Å²) in [7, 11) is 1.70. The lowest BCUT2D eigenvalue weighted by Gasteiger charge is -2.06. The SMILES string of the molecule is COCCCOCCCO[C](C)C. The van der Waals surface area contributed by atoms with Gasteiger partial charge in [-0.15, -0.1) is 0 Å². The largest absolute Gasteiger partial charge is 0.385 e. The van der Waals surface area contributed by atoms with Gasteiger partial charge in [0.15, 0.2) is 0 Å². The summed E-state index contributed by atoms with van der Waals surface area (Å²) in [5.41, 5.74) is 0. The third kappa shape index (κ3) is 11.9. The summed E-state index contributed by atoms with van der Waals surface area (Å²) in [4.78, 5) is 0. The van der Waals surface area contributed by atoms with Crippen LogP contribution in [0, 0.1) is 6.10 Å². The van der Waals surface area contributed by atoms with Crippen LogP contribution in [0.2, 0.25) is 0 Å². The van der Waals surface area contributed by atoms with Crippen LogP contribution in [0.4, 0.5) is 0 Å². The second-order valence-electron chi connectivity index (χ2n) is 3.07. The maximum absolute atomic E-state index is 5.35. The molecule has 3 nitrogen and oxygen atoms in total. The molecule has 1 radical (unpaired) electrons. The molecule has 0 aromatic heterocycles. The minimum atomic E-state index is 0.757. The Bertz CT molecular complexity index is 94.2. The first-order valence-corrected chi connectivity index (χ1v) is 4.77. The molecular formula is C10H21O3. The molecular weight excluding hydrogens is 168 g/mol. The molecule has 0 heterocycles. The van der Waals surface area contributed by atoms with Gasteiger partial charge < -0.3 is 14.2 Å². The molecule has 0 aromatic rings. The first-order valence-electron chi connectivity index (χ1n) is 4.77. The summed E-state index contributed by atoms with van der Waals surface area (Å²) >= 11 is 0. The first kappa shape index (κ1) is 12.9. The second kappa shape index (κ2) is 9.96. The lowest BCUT2D eigenvalue weighted by atomic mass is 10.4. The van der Waals surface area contributed by atoms with Crippen LogP contribution in [0.3, 0.4) is 0 Å². The number of ether oxygens (including phenoxy) is 3. The summed E-state index contributed by atoms with van der Waals surface area (Å²) in [6.07, 6.45) is 2.94. The molecule has 0 fully saturated rings. The third-order valence-corrected chi connectivity index (χ3v) is 1.46. The molecule has 0 unspecified atom stereocenters. The molecule has 0 spiro atoms. The van der Waals surface area contributed by atoms with Crippen LogP contribution in [0.5, 0.6) is 0 Å². The molecule has 13 heavy (non-hydrogen) atoms. The standard InChI is InChI=1S/C10H21O3/c1-10(2)13-9-5-8-12-7-4-6-11-3/h4-9H2,1-3H3. The molecule has 0 saturated heterocycles. The maximum atomic E-state index is 5.35. The van der Waals surface area contributed by atoms with Crippen LogP contribution in [0.1, 0.15) is 26.7 Å². The minimum Gasteiger partial charge on any atom is -0.385 e. The highest BCUT2D eigenvalue weighted by molar-refractivity contribution is 4.59. The smallest absolute Gasteiger partial charge is 0.0909 e. The van der Waals surface area contributed by atoms with E-state index >= 15 is 0 Å². The van der Waals surface area contributed by atoms with E-state index in [0.29, 0.717) is 0 Å². The van der Waals surface area contributed by atoms with Crippen LogP contribution >= 0.6 is 0 Å². The zero-order chi connectivity index (χ0) is 9.94. The fourth-order valence-electron chi connectivity index (χ4n) is 0.845. The summed E-state index contributed by atoms with van der Waals surface area (Å²) in [6, 6.07) is 0. The van der Waals surface area contributed by atoms with Gasteiger partial charge >= 0.3 is 0 Å². The van der Waals surface area contributed by atoms with Crippen LogP contribution in [0.15, 0.2) is 0 Å². The van der Waals surface area contributed by atoms with E-state index < -0.39 is 0 Å². The average molecular weight is 189 g/mol. The van der Waals surface area contributed by atoms with Crippen molar-refractivity contribution in [1.29, 1.82) is 0 Å². The first-order chi connectivity index (χ1) is 6.27. The Kier molecular flexibility index (Phi) is 9.87. The molecule has 0 aliphatic heterocycles. The summed E-state index contributed by atoms with van der Waals surface area (Å²) in [6.45, 7) is 7.00. The third-order valence-electron chi connectivity index (χ3n) is 1.46. The average Bonchev–Trinajstić information content (AvgIpc) is 2.09.